The number of amides is 1. The van der Waals surface area contributed by atoms with E-state index in [0.717, 1.165) is 6.54 Å². The summed E-state index contributed by atoms with van der Waals surface area (Å²) >= 11 is 0. The molecule has 2 saturated heterocycles. The lowest BCUT2D eigenvalue weighted by molar-refractivity contribution is -0.163. The third kappa shape index (κ3) is 4.99. The molecule has 2 aromatic rings. The summed E-state index contributed by atoms with van der Waals surface area (Å²) in [6, 6.07) is 7.91. The Kier molecular flexibility index (Phi) is 6.42. The Morgan fingerprint density at radius 1 is 1.19 bits per heavy atom. The number of nitrogens with one attached hydrogen (secondary N) is 2. The highest BCUT2D eigenvalue weighted by Gasteiger charge is 2.39. The van der Waals surface area contributed by atoms with E-state index in [1.165, 1.54) is 4.90 Å². The molecule has 1 amide bonds. The van der Waals surface area contributed by atoms with Gasteiger partial charge in [0.05, 0.1) is 0 Å². The van der Waals surface area contributed by atoms with E-state index < -0.39 is 18.0 Å². The summed E-state index contributed by atoms with van der Waals surface area (Å²) in [6.07, 6.45) is 2.83. The number of pyridine rings is 2. The smallest absolute Gasteiger partial charge is 0.274 e. The Hall–Kier alpha value is -2.66. The summed E-state index contributed by atoms with van der Waals surface area (Å²) < 4.78 is 14.4. The van der Waals surface area contributed by atoms with Crippen molar-refractivity contribution in [3.63, 3.8) is 0 Å². The minimum atomic E-state index is -2.15. The first-order chi connectivity index (χ1) is 14.9. The summed E-state index contributed by atoms with van der Waals surface area (Å²) in [5.74, 6) is -2.29. The lowest BCUT2D eigenvalue weighted by atomic mass is 10.0. The molecule has 0 radical (unpaired) electrons. The highest BCUT2D eigenvalue weighted by atomic mass is 19.1. The van der Waals surface area contributed by atoms with Crippen LogP contribution >= 0.6 is 0 Å². The average Bonchev–Trinajstić information content (AvgIpc) is 2.93. The fraction of sp³-hybridized carbons (Fsp3) is 0.476. The van der Waals surface area contributed by atoms with E-state index in [2.05, 4.69) is 20.6 Å². The van der Waals surface area contributed by atoms with Gasteiger partial charge in [0.2, 0.25) is 5.91 Å². The van der Waals surface area contributed by atoms with Crippen LogP contribution in [0.25, 0.3) is 0 Å². The number of carbonyl (C=O) groups is 1. The minimum absolute atomic E-state index is 0.0127. The standard InChI is InChI=1S/C21H27FN6O3/c22-16-14-24-10-6-18(16)27-11-7-21(30,31)28(13-12-27)19-3-1-2-17(26-19)20(29)25-15-4-8-23-9-5-15/h1-5,8-9,16,18,24,30-31H,6-7,10-14H2,(H,23,25,29). The molecule has 2 unspecified atom stereocenters. The number of hydrogen-bond donors (Lipinski definition) is 4. The maximum Gasteiger partial charge on any atom is 0.274 e. The molecule has 0 aliphatic carbocycles. The van der Waals surface area contributed by atoms with E-state index in [0.29, 0.717) is 31.7 Å². The molecule has 0 spiro atoms. The third-order valence-electron chi connectivity index (χ3n) is 5.80. The number of piperidine rings is 1. The monoisotopic (exact) mass is 430 g/mol. The Balaban J connectivity index is 1.50. The molecule has 31 heavy (non-hydrogen) atoms. The van der Waals surface area contributed by atoms with E-state index in [-0.39, 0.29) is 30.5 Å². The van der Waals surface area contributed by atoms with Crippen LogP contribution < -0.4 is 15.5 Å². The first-order valence-corrected chi connectivity index (χ1v) is 10.4. The molecule has 166 valence electrons. The molecular weight excluding hydrogens is 403 g/mol. The number of alkyl halides is 1. The minimum Gasteiger partial charge on any atom is -0.349 e. The number of rotatable bonds is 4. The van der Waals surface area contributed by atoms with Gasteiger partial charge in [-0.25, -0.2) is 9.37 Å². The summed E-state index contributed by atoms with van der Waals surface area (Å²) in [5, 5.41) is 27.2. The van der Waals surface area contributed by atoms with Gasteiger partial charge >= 0.3 is 0 Å². The zero-order chi connectivity index (χ0) is 21.8. The van der Waals surface area contributed by atoms with Crippen LogP contribution in [0.15, 0.2) is 42.7 Å². The predicted molar refractivity (Wildman–Crippen MR) is 113 cm³/mol. The van der Waals surface area contributed by atoms with Gasteiger partial charge in [-0.3, -0.25) is 14.7 Å². The molecule has 4 rings (SSSR count). The zero-order valence-electron chi connectivity index (χ0n) is 17.1. The van der Waals surface area contributed by atoms with Gasteiger partial charge in [0, 0.05) is 56.7 Å². The summed E-state index contributed by atoms with van der Waals surface area (Å²) in [6.45, 7) is 2.11. The van der Waals surface area contributed by atoms with Crippen LogP contribution in [0.2, 0.25) is 0 Å². The van der Waals surface area contributed by atoms with Gasteiger partial charge in [0.1, 0.15) is 17.7 Å². The number of carbonyl (C=O) groups excluding carboxylic acids is 1. The van der Waals surface area contributed by atoms with Crippen LogP contribution in [0.1, 0.15) is 23.3 Å². The van der Waals surface area contributed by atoms with Crippen LogP contribution in [-0.2, 0) is 0 Å². The van der Waals surface area contributed by atoms with Gasteiger partial charge in [-0.1, -0.05) is 6.07 Å². The Bertz CT molecular complexity index is 900. The van der Waals surface area contributed by atoms with Crippen molar-refractivity contribution >= 4 is 17.4 Å². The molecule has 10 heteroatoms. The second-order valence-electron chi connectivity index (χ2n) is 7.86. The number of hydrogen-bond acceptors (Lipinski definition) is 8. The van der Waals surface area contributed by atoms with Crippen molar-refractivity contribution in [1.82, 2.24) is 20.2 Å². The topological polar surface area (TPSA) is 114 Å². The quantitative estimate of drug-likeness (QED) is 0.521. The number of aromatic nitrogens is 2. The van der Waals surface area contributed by atoms with Crippen LogP contribution in [0.5, 0.6) is 0 Å². The zero-order valence-corrected chi connectivity index (χ0v) is 17.1. The summed E-state index contributed by atoms with van der Waals surface area (Å²) in [7, 11) is 0. The maximum atomic E-state index is 14.4. The van der Waals surface area contributed by atoms with Crippen molar-refractivity contribution in [2.75, 3.05) is 42.9 Å². The fourth-order valence-electron chi connectivity index (χ4n) is 4.13. The van der Waals surface area contributed by atoms with E-state index in [1.54, 1.807) is 42.7 Å². The van der Waals surface area contributed by atoms with E-state index >= 15 is 0 Å². The molecule has 0 aromatic carbocycles. The van der Waals surface area contributed by atoms with Crippen molar-refractivity contribution in [1.29, 1.82) is 0 Å². The SMILES string of the molecule is O=C(Nc1ccncc1)c1cccc(N2CCN(C3CCNCC3F)CCC2(O)O)n1. The second kappa shape index (κ2) is 9.23. The number of nitrogens with zero attached hydrogens (tertiary/aromatic N) is 4. The van der Waals surface area contributed by atoms with Crippen LogP contribution in [0.4, 0.5) is 15.9 Å². The first-order valence-electron chi connectivity index (χ1n) is 10.4. The van der Waals surface area contributed by atoms with E-state index in [1.807, 2.05) is 4.90 Å². The van der Waals surface area contributed by atoms with Crippen molar-refractivity contribution in [2.45, 2.75) is 31.0 Å². The molecule has 2 aliphatic rings. The molecule has 0 saturated carbocycles. The van der Waals surface area contributed by atoms with Gasteiger partial charge in [-0.05, 0) is 37.2 Å². The van der Waals surface area contributed by atoms with Gasteiger partial charge < -0.3 is 25.7 Å². The molecule has 2 fully saturated rings. The Morgan fingerprint density at radius 2 is 2.00 bits per heavy atom. The molecule has 2 aromatic heterocycles. The van der Waals surface area contributed by atoms with E-state index in [9.17, 15) is 19.4 Å². The Morgan fingerprint density at radius 3 is 2.77 bits per heavy atom. The van der Waals surface area contributed by atoms with Gasteiger partial charge in [-0.15, -0.1) is 0 Å². The van der Waals surface area contributed by atoms with Gasteiger partial charge in [0.25, 0.3) is 5.91 Å². The second-order valence-corrected chi connectivity index (χ2v) is 7.86. The highest BCUT2D eigenvalue weighted by molar-refractivity contribution is 6.03. The lowest BCUT2D eigenvalue weighted by Gasteiger charge is -2.36. The van der Waals surface area contributed by atoms with Crippen molar-refractivity contribution in [2.24, 2.45) is 0 Å². The molecule has 2 aliphatic heterocycles. The Labute approximate surface area is 179 Å². The first kappa shape index (κ1) is 21.6. The molecular formula is C21H27FN6O3. The average molecular weight is 430 g/mol. The number of aliphatic hydroxyl groups is 2. The van der Waals surface area contributed by atoms with Crippen molar-refractivity contribution < 1.29 is 19.4 Å². The molecule has 0 bridgehead atoms. The van der Waals surface area contributed by atoms with Crippen LogP contribution in [0.3, 0.4) is 0 Å². The molecule has 2 atom stereocenters. The van der Waals surface area contributed by atoms with Gasteiger partial charge in [-0.2, -0.15) is 0 Å². The fourth-order valence-corrected chi connectivity index (χ4v) is 4.13. The lowest BCUT2D eigenvalue weighted by Crippen LogP contribution is -2.52. The molecule has 9 nitrogen and oxygen atoms in total. The molecule has 4 heterocycles. The van der Waals surface area contributed by atoms with Crippen molar-refractivity contribution in [3.8, 4) is 0 Å². The van der Waals surface area contributed by atoms with Crippen LogP contribution in [-0.4, -0.2) is 81.8 Å². The number of halogens is 1. The van der Waals surface area contributed by atoms with Crippen molar-refractivity contribution in [3.05, 3.63) is 48.4 Å². The summed E-state index contributed by atoms with van der Waals surface area (Å²) in [4.78, 5) is 24.2. The maximum absolute atomic E-state index is 14.4. The van der Waals surface area contributed by atoms with Crippen LogP contribution in [0, 0.1) is 0 Å². The predicted octanol–water partition coefficient (Wildman–Crippen LogP) is 0.579. The normalized spacial score (nSPS) is 24.4. The summed E-state index contributed by atoms with van der Waals surface area (Å²) in [5.41, 5.74) is 0.729. The van der Waals surface area contributed by atoms with E-state index in [4.69, 9.17) is 0 Å². The number of anilines is 2. The molecule has 4 N–H and O–H groups in total. The highest BCUT2D eigenvalue weighted by Crippen LogP contribution is 2.27. The largest absolute Gasteiger partial charge is 0.349 e. The van der Waals surface area contributed by atoms with Gasteiger partial charge in [0.15, 0.2) is 0 Å². The third-order valence-corrected chi connectivity index (χ3v) is 5.80.